The summed E-state index contributed by atoms with van der Waals surface area (Å²) in [6.45, 7) is 1.66. The fourth-order valence-electron chi connectivity index (χ4n) is 6.16. The Morgan fingerprint density at radius 2 is 1.93 bits per heavy atom. The van der Waals surface area contributed by atoms with Crippen LogP contribution in [-0.2, 0) is 23.6 Å². The number of H-pyrrole nitrogens is 1. The van der Waals surface area contributed by atoms with Crippen molar-refractivity contribution < 1.29 is 28.2 Å². The molecule has 4 aromatic heterocycles. The number of amides is 1. The van der Waals surface area contributed by atoms with Crippen molar-refractivity contribution in [3.63, 3.8) is 0 Å². The predicted molar refractivity (Wildman–Crippen MR) is 164 cm³/mol. The highest BCUT2D eigenvalue weighted by molar-refractivity contribution is 6.14. The monoisotopic (exact) mass is 623 g/mol. The van der Waals surface area contributed by atoms with Crippen LogP contribution in [0.4, 0.5) is 13.6 Å². The smallest absolute Gasteiger partial charge is 0.406 e. The first-order chi connectivity index (χ1) is 21.5. The minimum Gasteiger partial charge on any atom is -0.481 e. The van der Waals surface area contributed by atoms with Crippen molar-refractivity contribution >= 4 is 34.1 Å². The molecular formula is C31H35F2N7O5. The number of carbonyl (C=O) groups is 2. The summed E-state index contributed by atoms with van der Waals surface area (Å²) in [5.74, 6) is -2.81. The number of fused-ring (bicyclic) bond motifs is 3. The molecule has 1 atom stereocenters. The van der Waals surface area contributed by atoms with Crippen LogP contribution in [0.5, 0.6) is 0 Å². The molecule has 3 N–H and O–H groups in total. The third-order valence-corrected chi connectivity index (χ3v) is 8.30. The number of nitrogens with one attached hydrogen (secondary N) is 2. The van der Waals surface area contributed by atoms with Crippen LogP contribution < -0.4 is 11.0 Å². The number of halogens is 2. The molecule has 0 bridgehead atoms. The SMILES string of the molecule is CC(CC(=O)O)c1ccc(-c2c(-c3cn(C)nc3F)[nH]c3ncc4c(c23)n(C2CCCC2)c(=O)n4C)cc1F.CNC(=O)OC. The summed E-state index contributed by atoms with van der Waals surface area (Å²) in [6, 6.07) is 4.64. The zero-order chi connectivity index (χ0) is 32.6. The van der Waals surface area contributed by atoms with E-state index in [0.29, 0.717) is 38.9 Å². The van der Waals surface area contributed by atoms with Crippen molar-refractivity contribution in [1.29, 1.82) is 0 Å². The van der Waals surface area contributed by atoms with E-state index in [1.807, 2.05) is 4.57 Å². The van der Waals surface area contributed by atoms with Crippen molar-refractivity contribution in [1.82, 2.24) is 34.2 Å². The molecule has 1 unspecified atom stereocenters. The summed E-state index contributed by atoms with van der Waals surface area (Å²) >= 11 is 0. The molecule has 4 heterocycles. The quantitative estimate of drug-likeness (QED) is 0.235. The van der Waals surface area contributed by atoms with Crippen LogP contribution in [0.1, 0.15) is 56.6 Å². The van der Waals surface area contributed by atoms with Crippen LogP contribution in [0.15, 0.2) is 35.4 Å². The van der Waals surface area contributed by atoms with E-state index in [0.717, 1.165) is 25.7 Å². The zero-order valence-electron chi connectivity index (χ0n) is 25.6. The van der Waals surface area contributed by atoms with E-state index in [1.165, 1.54) is 31.1 Å². The number of imidazole rings is 1. The van der Waals surface area contributed by atoms with Gasteiger partial charge >= 0.3 is 17.8 Å². The third-order valence-electron chi connectivity index (χ3n) is 8.30. The van der Waals surface area contributed by atoms with E-state index in [1.54, 1.807) is 43.9 Å². The fourth-order valence-corrected chi connectivity index (χ4v) is 6.16. The Kier molecular flexibility index (Phi) is 8.75. The normalized spacial score (nSPS) is 14.0. The number of aromatic nitrogens is 6. The number of nitrogens with zero attached hydrogens (tertiary/aromatic N) is 5. The van der Waals surface area contributed by atoms with Crippen LogP contribution in [-0.4, -0.2) is 60.2 Å². The number of hydrogen-bond donors (Lipinski definition) is 3. The molecule has 1 saturated carbocycles. The summed E-state index contributed by atoms with van der Waals surface area (Å²) in [7, 11) is 6.14. The second-order valence-electron chi connectivity index (χ2n) is 11.2. The number of alkyl carbamates (subject to hydrolysis) is 1. The number of aromatic amines is 1. The molecule has 1 aliphatic carbocycles. The molecule has 12 nitrogen and oxygen atoms in total. The summed E-state index contributed by atoms with van der Waals surface area (Å²) in [4.78, 5) is 42.3. The van der Waals surface area contributed by atoms with E-state index < -0.39 is 29.7 Å². The van der Waals surface area contributed by atoms with Crippen LogP contribution in [0, 0.1) is 11.8 Å². The van der Waals surface area contributed by atoms with Crippen molar-refractivity contribution in [3.8, 4) is 22.4 Å². The second kappa shape index (κ2) is 12.5. The molecule has 0 aliphatic heterocycles. The molecule has 1 fully saturated rings. The van der Waals surface area contributed by atoms with Gasteiger partial charge in [-0.2, -0.15) is 4.39 Å². The van der Waals surface area contributed by atoms with E-state index in [9.17, 15) is 19.5 Å². The molecule has 1 aliphatic rings. The number of aryl methyl sites for hydroxylation is 2. The van der Waals surface area contributed by atoms with Gasteiger partial charge in [0.25, 0.3) is 0 Å². The lowest BCUT2D eigenvalue weighted by molar-refractivity contribution is -0.137. The lowest BCUT2D eigenvalue weighted by Gasteiger charge is -2.14. The maximum atomic E-state index is 15.5. The molecule has 1 amide bonds. The van der Waals surface area contributed by atoms with Crippen LogP contribution in [0.3, 0.4) is 0 Å². The number of benzene rings is 1. The Morgan fingerprint density at radius 1 is 1.22 bits per heavy atom. The predicted octanol–water partition coefficient (Wildman–Crippen LogP) is 5.23. The number of rotatable bonds is 6. The molecule has 6 rings (SSSR count). The lowest BCUT2D eigenvalue weighted by atomic mass is 9.93. The molecular weight excluding hydrogens is 588 g/mol. The molecule has 0 saturated heterocycles. The van der Waals surface area contributed by atoms with Gasteiger partial charge in [0.2, 0.25) is 5.95 Å². The number of ether oxygens (including phenoxy) is 1. The summed E-state index contributed by atoms with van der Waals surface area (Å²) < 4.78 is 39.4. The van der Waals surface area contributed by atoms with E-state index >= 15 is 8.78 Å². The van der Waals surface area contributed by atoms with Crippen LogP contribution in [0.2, 0.25) is 0 Å². The van der Waals surface area contributed by atoms with E-state index in [-0.39, 0.29) is 29.3 Å². The van der Waals surface area contributed by atoms with Gasteiger partial charge in [0.1, 0.15) is 11.5 Å². The van der Waals surface area contributed by atoms with E-state index in [2.05, 4.69) is 25.1 Å². The number of hydrogen-bond acceptors (Lipinski definition) is 6. The Hall–Kier alpha value is -5.01. The van der Waals surface area contributed by atoms with Gasteiger partial charge < -0.3 is 20.1 Å². The summed E-state index contributed by atoms with van der Waals surface area (Å²) in [5, 5.41) is 15.9. The zero-order valence-corrected chi connectivity index (χ0v) is 25.6. The highest BCUT2D eigenvalue weighted by atomic mass is 19.1. The highest BCUT2D eigenvalue weighted by Gasteiger charge is 2.29. The van der Waals surface area contributed by atoms with Gasteiger partial charge in [-0.3, -0.25) is 18.6 Å². The molecule has 0 radical (unpaired) electrons. The first kappa shape index (κ1) is 31.4. The maximum Gasteiger partial charge on any atom is 0.406 e. The number of methoxy groups -OCH3 is 1. The van der Waals surface area contributed by atoms with Crippen molar-refractivity contribution in [2.45, 2.75) is 51.0 Å². The Labute approximate surface area is 256 Å². The topological polar surface area (TPSA) is 149 Å². The molecule has 0 spiro atoms. The van der Waals surface area contributed by atoms with Crippen molar-refractivity contribution in [2.75, 3.05) is 14.2 Å². The first-order valence-corrected chi connectivity index (χ1v) is 14.5. The number of carboxylic acids is 1. The molecule has 45 heavy (non-hydrogen) atoms. The number of pyridine rings is 1. The van der Waals surface area contributed by atoms with Gasteiger partial charge in [-0.15, -0.1) is 5.10 Å². The molecule has 238 valence electrons. The molecule has 1 aromatic carbocycles. The summed E-state index contributed by atoms with van der Waals surface area (Å²) in [5.41, 5.74) is 3.38. The minimum absolute atomic E-state index is 0.0177. The minimum atomic E-state index is -1.01. The second-order valence-corrected chi connectivity index (χ2v) is 11.2. The number of carboxylic acid groups (broad SMARTS) is 1. The number of carbonyl (C=O) groups excluding carboxylic acids is 1. The fraction of sp³-hybridized carbons (Fsp3) is 0.387. The Balaban J connectivity index is 0.000000609. The number of aliphatic carboxylic acids is 1. The highest BCUT2D eigenvalue weighted by Crippen LogP contribution is 2.43. The Bertz CT molecular complexity index is 1960. The van der Waals surface area contributed by atoms with Gasteiger partial charge in [-0.05, 0) is 36.0 Å². The van der Waals surface area contributed by atoms with Gasteiger partial charge in [-0.25, -0.2) is 19.0 Å². The van der Waals surface area contributed by atoms with E-state index in [4.69, 9.17) is 0 Å². The average molecular weight is 624 g/mol. The van der Waals surface area contributed by atoms with Crippen molar-refractivity contribution in [3.05, 3.63) is 58.4 Å². The van der Waals surface area contributed by atoms with Crippen LogP contribution in [0.25, 0.3) is 44.5 Å². The van der Waals surface area contributed by atoms with Gasteiger partial charge in [0, 0.05) is 38.9 Å². The third kappa shape index (κ3) is 5.79. The molecule has 5 aromatic rings. The first-order valence-electron chi connectivity index (χ1n) is 14.5. The largest absolute Gasteiger partial charge is 0.481 e. The Morgan fingerprint density at radius 3 is 2.49 bits per heavy atom. The van der Waals surface area contributed by atoms with Gasteiger partial charge in [0.05, 0.1) is 47.4 Å². The molecule has 14 heteroatoms. The van der Waals surface area contributed by atoms with Gasteiger partial charge in [0.15, 0.2) is 0 Å². The summed E-state index contributed by atoms with van der Waals surface area (Å²) in [6.07, 6.45) is 6.34. The average Bonchev–Trinajstić information content (AvgIpc) is 3.78. The standard InChI is InChI=1S/C28H28F2N6O3.C3H7NO2/c1-14(10-21(37)38)17-9-8-15(11-19(17)29)22-23-25-20(35(3)28(39)36(25)16-6-4-5-7-16)12-31-27(23)32-24(22)18-13-34(2)33-26(18)30;1-4-3(5)6-2/h8-9,11-14,16H,4-7,10H2,1-3H3,(H,31,32)(H,37,38);1-2H3,(H,4,5). The van der Waals surface area contributed by atoms with Crippen molar-refractivity contribution in [2.24, 2.45) is 14.1 Å². The van der Waals surface area contributed by atoms with Crippen LogP contribution >= 0.6 is 0 Å². The lowest BCUT2D eigenvalue weighted by Crippen LogP contribution is -2.24. The maximum absolute atomic E-state index is 15.5. The van der Waals surface area contributed by atoms with Gasteiger partial charge in [-0.1, -0.05) is 31.9 Å².